The predicted octanol–water partition coefficient (Wildman–Crippen LogP) is 5.56. The topological polar surface area (TPSA) is 30.5 Å². The average Bonchev–Trinajstić information content (AvgIpc) is 2.72. The molecule has 144 valence electrons. The van der Waals surface area contributed by atoms with Gasteiger partial charge in [0.2, 0.25) is 0 Å². The van der Waals surface area contributed by atoms with Gasteiger partial charge in [-0.05, 0) is 57.2 Å². The standard InChI is InChI=1S/C24H31NO2/c1-19-11-13-21(14-12-19)18-27-24-22(9-6-10-23(24)26-2)17-25-16-15-20-7-4-3-5-8-20/h6-7,9-14,25H,3-5,8,15-18H2,1-2H3. The maximum Gasteiger partial charge on any atom is 0.166 e. The molecule has 1 N–H and O–H groups in total. The van der Waals surface area contributed by atoms with Gasteiger partial charge >= 0.3 is 0 Å². The predicted molar refractivity (Wildman–Crippen MR) is 111 cm³/mol. The molecule has 3 rings (SSSR count). The van der Waals surface area contributed by atoms with Gasteiger partial charge in [0, 0.05) is 12.1 Å². The van der Waals surface area contributed by atoms with Crippen molar-refractivity contribution in [1.29, 1.82) is 0 Å². The molecule has 0 aliphatic heterocycles. The molecule has 3 heteroatoms. The Morgan fingerprint density at radius 1 is 1.04 bits per heavy atom. The molecule has 0 radical (unpaired) electrons. The molecular formula is C24H31NO2. The van der Waals surface area contributed by atoms with Gasteiger partial charge in [0.15, 0.2) is 11.5 Å². The Morgan fingerprint density at radius 2 is 1.89 bits per heavy atom. The van der Waals surface area contributed by atoms with Gasteiger partial charge < -0.3 is 14.8 Å². The van der Waals surface area contributed by atoms with Crippen LogP contribution in [0.5, 0.6) is 11.5 Å². The molecule has 1 aliphatic carbocycles. The zero-order valence-electron chi connectivity index (χ0n) is 16.6. The van der Waals surface area contributed by atoms with Gasteiger partial charge in [-0.2, -0.15) is 0 Å². The van der Waals surface area contributed by atoms with E-state index in [4.69, 9.17) is 9.47 Å². The largest absolute Gasteiger partial charge is 0.493 e. The lowest BCUT2D eigenvalue weighted by Gasteiger charge is -2.16. The summed E-state index contributed by atoms with van der Waals surface area (Å²) in [5, 5.41) is 3.57. The number of nitrogens with one attached hydrogen (secondary N) is 1. The van der Waals surface area contributed by atoms with Crippen LogP contribution in [0.2, 0.25) is 0 Å². The van der Waals surface area contributed by atoms with E-state index in [0.717, 1.165) is 42.1 Å². The Hall–Kier alpha value is -2.26. The molecular weight excluding hydrogens is 334 g/mol. The number of benzene rings is 2. The molecule has 0 fully saturated rings. The molecule has 0 saturated carbocycles. The third kappa shape index (κ3) is 5.86. The second-order valence-corrected chi connectivity index (χ2v) is 7.26. The first-order valence-electron chi connectivity index (χ1n) is 9.99. The number of allylic oxidation sites excluding steroid dienone is 1. The Balaban J connectivity index is 1.58. The molecule has 0 saturated heterocycles. The maximum atomic E-state index is 6.16. The molecule has 0 amide bonds. The molecule has 0 aromatic heterocycles. The van der Waals surface area contributed by atoms with Crippen LogP contribution in [0.25, 0.3) is 0 Å². The molecule has 0 atom stereocenters. The quantitative estimate of drug-likeness (QED) is 0.466. The van der Waals surface area contributed by atoms with E-state index in [-0.39, 0.29) is 0 Å². The first-order valence-corrected chi connectivity index (χ1v) is 9.99. The second kappa shape index (κ2) is 10.2. The average molecular weight is 366 g/mol. The van der Waals surface area contributed by atoms with Crippen LogP contribution >= 0.6 is 0 Å². The summed E-state index contributed by atoms with van der Waals surface area (Å²) in [4.78, 5) is 0. The maximum absolute atomic E-state index is 6.16. The Labute approximate surface area is 163 Å². The summed E-state index contributed by atoms with van der Waals surface area (Å²) in [5.41, 5.74) is 5.16. The number of para-hydroxylation sites is 1. The van der Waals surface area contributed by atoms with Crippen LogP contribution in [0, 0.1) is 6.92 Å². The molecule has 0 unspecified atom stereocenters. The van der Waals surface area contributed by atoms with Crippen LogP contribution in [0.4, 0.5) is 0 Å². The summed E-state index contributed by atoms with van der Waals surface area (Å²) < 4.78 is 11.7. The van der Waals surface area contributed by atoms with Crippen molar-refractivity contribution in [2.45, 2.75) is 52.2 Å². The molecule has 1 aliphatic rings. The summed E-state index contributed by atoms with van der Waals surface area (Å²) in [7, 11) is 1.70. The fourth-order valence-electron chi connectivity index (χ4n) is 3.47. The van der Waals surface area contributed by atoms with Gasteiger partial charge in [0.25, 0.3) is 0 Å². The lowest BCUT2D eigenvalue weighted by atomic mass is 9.97. The van der Waals surface area contributed by atoms with E-state index in [2.05, 4.69) is 48.6 Å². The molecule has 2 aromatic rings. The fraction of sp³-hybridized carbons (Fsp3) is 0.417. The minimum absolute atomic E-state index is 0.542. The molecule has 0 heterocycles. The van der Waals surface area contributed by atoms with Gasteiger partial charge in [-0.3, -0.25) is 0 Å². The van der Waals surface area contributed by atoms with Crippen molar-refractivity contribution in [1.82, 2.24) is 5.32 Å². The van der Waals surface area contributed by atoms with E-state index in [9.17, 15) is 0 Å². The lowest BCUT2D eigenvalue weighted by Crippen LogP contribution is -2.16. The van der Waals surface area contributed by atoms with E-state index in [1.165, 1.54) is 31.2 Å². The number of methoxy groups -OCH3 is 1. The summed E-state index contributed by atoms with van der Waals surface area (Å²) in [5.74, 6) is 1.63. The number of rotatable bonds is 9. The van der Waals surface area contributed by atoms with Crippen LogP contribution in [0.1, 0.15) is 48.8 Å². The monoisotopic (exact) mass is 365 g/mol. The Kier molecular flexibility index (Phi) is 7.35. The van der Waals surface area contributed by atoms with Crippen molar-refractivity contribution in [3.8, 4) is 11.5 Å². The van der Waals surface area contributed by atoms with E-state index in [1.54, 1.807) is 12.7 Å². The second-order valence-electron chi connectivity index (χ2n) is 7.26. The summed E-state index contributed by atoms with van der Waals surface area (Å²) in [6.45, 7) is 4.42. The zero-order chi connectivity index (χ0) is 18.9. The minimum Gasteiger partial charge on any atom is -0.493 e. The Bertz CT molecular complexity index is 749. The van der Waals surface area contributed by atoms with Crippen molar-refractivity contribution in [2.24, 2.45) is 0 Å². The molecule has 0 bridgehead atoms. The molecule has 0 spiro atoms. The normalized spacial score (nSPS) is 13.9. The fourth-order valence-corrected chi connectivity index (χ4v) is 3.47. The van der Waals surface area contributed by atoms with E-state index in [1.807, 2.05) is 12.1 Å². The van der Waals surface area contributed by atoms with Crippen molar-refractivity contribution < 1.29 is 9.47 Å². The molecule has 27 heavy (non-hydrogen) atoms. The van der Waals surface area contributed by atoms with Crippen LogP contribution in [-0.2, 0) is 13.2 Å². The van der Waals surface area contributed by atoms with Crippen molar-refractivity contribution in [3.63, 3.8) is 0 Å². The van der Waals surface area contributed by atoms with Crippen molar-refractivity contribution >= 4 is 0 Å². The number of hydrogen-bond donors (Lipinski definition) is 1. The first kappa shape index (κ1) is 19.5. The van der Waals surface area contributed by atoms with Crippen LogP contribution in [-0.4, -0.2) is 13.7 Å². The van der Waals surface area contributed by atoms with Gasteiger partial charge in [-0.1, -0.05) is 53.6 Å². The van der Waals surface area contributed by atoms with Gasteiger partial charge in [0.1, 0.15) is 6.61 Å². The highest BCUT2D eigenvalue weighted by Crippen LogP contribution is 2.32. The SMILES string of the molecule is COc1cccc(CNCCC2=CCCCC2)c1OCc1ccc(C)cc1. The van der Waals surface area contributed by atoms with Crippen molar-refractivity contribution in [3.05, 3.63) is 70.8 Å². The summed E-state index contributed by atoms with van der Waals surface area (Å²) >= 11 is 0. The number of hydrogen-bond acceptors (Lipinski definition) is 3. The smallest absolute Gasteiger partial charge is 0.166 e. The third-order valence-electron chi connectivity index (χ3n) is 5.11. The zero-order valence-corrected chi connectivity index (χ0v) is 16.6. The van der Waals surface area contributed by atoms with E-state index < -0.39 is 0 Å². The lowest BCUT2D eigenvalue weighted by molar-refractivity contribution is 0.280. The minimum atomic E-state index is 0.542. The first-order chi connectivity index (χ1) is 13.3. The van der Waals surface area contributed by atoms with Gasteiger partial charge in [0.05, 0.1) is 7.11 Å². The highest BCUT2D eigenvalue weighted by Gasteiger charge is 2.11. The van der Waals surface area contributed by atoms with Crippen LogP contribution in [0.3, 0.4) is 0 Å². The van der Waals surface area contributed by atoms with E-state index in [0.29, 0.717) is 6.61 Å². The third-order valence-corrected chi connectivity index (χ3v) is 5.11. The van der Waals surface area contributed by atoms with Crippen LogP contribution < -0.4 is 14.8 Å². The van der Waals surface area contributed by atoms with Crippen molar-refractivity contribution in [2.75, 3.05) is 13.7 Å². The number of aryl methyl sites for hydroxylation is 1. The number of ether oxygens (including phenoxy) is 2. The van der Waals surface area contributed by atoms with Gasteiger partial charge in [-0.15, -0.1) is 0 Å². The Morgan fingerprint density at radius 3 is 2.63 bits per heavy atom. The van der Waals surface area contributed by atoms with Crippen LogP contribution in [0.15, 0.2) is 54.1 Å². The summed E-state index contributed by atoms with van der Waals surface area (Å²) in [6.07, 6.45) is 8.78. The molecule has 2 aromatic carbocycles. The van der Waals surface area contributed by atoms with Gasteiger partial charge in [-0.25, -0.2) is 0 Å². The molecule has 3 nitrogen and oxygen atoms in total. The highest BCUT2D eigenvalue weighted by atomic mass is 16.5. The van der Waals surface area contributed by atoms with E-state index >= 15 is 0 Å². The highest BCUT2D eigenvalue weighted by molar-refractivity contribution is 5.46. The summed E-state index contributed by atoms with van der Waals surface area (Å²) in [6, 6.07) is 14.5.